The minimum atomic E-state index is -0.169. The zero-order valence-corrected chi connectivity index (χ0v) is 8.99. The van der Waals surface area contributed by atoms with Crippen LogP contribution in [0, 0.1) is 5.82 Å². The second-order valence-corrected chi connectivity index (χ2v) is 4.39. The normalized spacial score (nSPS) is 19.9. The van der Waals surface area contributed by atoms with E-state index < -0.39 is 0 Å². The Morgan fingerprint density at radius 1 is 1.40 bits per heavy atom. The molecule has 2 rings (SSSR count). The quantitative estimate of drug-likeness (QED) is 0.813. The average Bonchev–Trinajstić information content (AvgIpc) is 2.17. The van der Waals surface area contributed by atoms with Gasteiger partial charge in [0.1, 0.15) is 5.82 Å². The zero-order chi connectivity index (χ0) is 10.8. The van der Waals surface area contributed by atoms with Crippen molar-refractivity contribution in [1.82, 2.24) is 4.90 Å². The molecule has 1 aromatic rings. The van der Waals surface area contributed by atoms with Gasteiger partial charge in [-0.05, 0) is 31.0 Å². The lowest BCUT2D eigenvalue weighted by Gasteiger charge is -2.41. The SMILES string of the molecule is CC(Cc1ccc(F)cc1)N1CC(N)C1. The molecule has 1 aromatic carbocycles. The first-order valence-electron chi connectivity index (χ1n) is 5.39. The highest BCUT2D eigenvalue weighted by atomic mass is 19.1. The van der Waals surface area contributed by atoms with Gasteiger partial charge in [0.25, 0.3) is 0 Å². The van der Waals surface area contributed by atoms with Crippen molar-refractivity contribution in [2.75, 3.05) is 13.1 Å². The van der Waals surface area contributed by atoms with E-state index in [-0.39, 0.29) is 5.82 Å². The van der Waals surface area contributed by atoms with Gasteiger partial charge in [-0.1, -0.05) is 12.1 Å². The summed E-state index contributed by atoms with van der Waals surface area (Å²) in [5.74, 6) is -0.169. The van der Waals surface area contributed by atoms with Gasteiger partial charge in [-0.2, -0.15) is 0 Å². The molecule has 1 atom stereocenters. The number of hydrogen-bond acceptors (Lipinski definition) is 2. The maximum atomic E-state index is 12.7. The Balaban J connectivity index is 1.88. The highest BCUT2D eigenvalue weighted by molar-refractivity contribution is 5.17. The highest BCUT2D eigenvalue weighted by Gasteiger charge is 2.26. The van der Waals surface area contributed by atoms with Crippen LogP contribution in [-0.2, 0) is 6.42 Å². The van der Waals surface area contributed by atoms with Crippen molar-refractivity contribution in [3.63, 3.8) is 0 Å². The second-order valence-electron chi connectivity index (χ2n) is 4.39. The van der Waals surface area contributed by atoms with Crippen LogP contribution < -0.4 is 5.73 Å². The first-order chi connectivity index (χ1) is 7.15. The van der Waals surface area contributed by atoms with Crippen LogP contribution in [0.3, 0.4) is 0 Å². The molecule has 2 nitrogen and oxygen atoms in total. The van der Waals surface area contributed by atoms with Gasteiger partial charge >= 0.3 is 0 Å². The van der Waals surface area contributed by atoms with Gasteiger partial charge in [0.05, 0.1) is 0 Å². The first kappa shape index (κ1) is 10.6. The fourth-order valence-corrected chi connectivity index (χ4v) is 2.00. The zero-order valence-electron chi connectivity index (χ0n) is 8.99. The molecule has 0 saturated carbocycles. The number of likely N-dealkylation sites (tertiary alicyclic amines) is 1. The van der Waals surface area contributed by atoms with E-state index in [9.17, 15) is 4.39 Å². The van der Waals surface area contributed by atoms with Crippen molar-refractivity contribution in [2.24, 2.45) is 5.73 Å². The minimum absolute atomic E-state index is 0.169. The van der Waals surface area contributed by atoms with Gasteiger partial charge in [0.2, 0.25) is 0 Å². The molecule has 1 heterocycles. The molecule has 15 heavy (non-hydrogen) atoms. The van der Waals surface area contributed by atoms with Gasteiger partial charge in [-0.15, -0.1) is 0 Å². The molecule has 0 radical (unpaired) electrons. The highest BCUT2D eigenvalue weighted by Crippen LogP contribution is 2.15. The third kappa shape index (κ3) is 2.55. The molecule has 1 aliphatic heterocycles. The lowest BCUT2D eigenvalue weighted by atomic mass is 10.0. The van der Waals surface area contributed by atoms with Crippen molar-refractivity contribution in [3.8, 4) is 0 Å². The largest absolute Gasteiger partial charge is 0.325 e. The topological polar surface area (TPSA) is 29.3 Å². The van der Waals surface area contributed by atoms with Crippen molar-refractivity contribution in [2.45, 2.75) is 25.4 Å². The van der Waals surface area contributed by atoms with Gasteiger partial charge in [0, 0.05) is 25.2 Å². The molecule has 2 N–H and O–H groups in total. The van der Waals surface area contributed by atoms with E-state index in [1.165, 1.54) is 17.7 Å². The molecule has 0 bridgehead atoms. The van der Waals surface area contributed by atoms with Crippen molar-refractivity contribution in [1.29, 1.82) is 0 Å². The van der Waals surface area contributed by atoms with Crippen LogP contribution in [0.1, 0.15) is 12.5 Å². The van der Waals surface area contributed by atoms with Crippen LogP contribution in [0.25, 0.3) is 0 Å². The third-order valence-corrected chi connectivity index (χ3v) is 3.01. The van der Waals surface area contributed by atoms with E-state index in [2.05, 4.69) is 11.8 Å². The molecule has 0 aliphatic carbocycles. The van der Waals surface area contributed by atoms with E-state index in [4.69, 9.17) is 5.73 Å². The predicted molar refractivity (Wildman–Crippen MR) is 59.1 cm³/mol. The molecule has 0 amide bonds. The molecule has 1 fully saturated rings. The minimum Gasteiger partial charge on any atom is -0.325 e. The molecule has 0 aromatic heterocycles. The number of nitrogens with two attached hydrogens (primary N) is 1. The van der Waals surface area contributed by atoms with Gasteiger partial charge in [-0.25, -0.2) is 4.39 Å². The van der Waals surface area contributed by atoms with E-state index in [1.54, 1.807) is 0 Å². The number of nitrogens with zero attached hydrogens (tertiary/aromatic N) is 1. The van der Waals surface area contributed by atoms with E-state index >= 15 is 0 Å². The molecule has 0 spiro atoms. The lowest BCUT2D eigenvalue weighted by Crippen LogP contribution is -2.59. The van der Waals surface area contributed by atoms with Crippen LogP contribution in [0.4, 0.5) is 4.39 Å². The Morgan fingerprint density at radius 3 is 2.53 bits per heavy atom. The second kappa shape index (κ2) is 4.29. The molecule has 1 aliphatic rings. The predicted octanol–water partition coefficient (Wildman–Crippen LogP) is 1.40. The Kier molecular flexibility index (Phi) is 3.03. The van der Waals surface area contributed by atoms with Crippen LogP contribution in [0.2, 0.25) is 0 Å². The maximum Gasteiger partial charge on any atom is 0.123 e. The number of rotatable bonds is 3. The Labute approximate surface area is 89.9 Å². The number of hydrogen-bond donors (Lipinski definition) is 1. The van der Waals surface area contributed by atoms with E-state index in [0.29, 0.717) is 12.1 Å². The Bertz CT molecular complexity index is 317. The molecule has 3 heteroatoms. The van der Waals surface area contributed by atoms with E-state index in [0.717, 1.165) is 19.5 Å². The van der Waals surface area contributed by atoms with Crippen LogP contribution in [0.15, 0.2) is 24.3 Å². The molecule has 82 valence electrons. The monoisotopic (exact) mass is 208 g/mol. The summed E-state index contributed by atoms with van der Waals surface area (Å²) in [4.78, 5) is 2.36. The molecular weight excluding hydrogens is 191 g/mol. The summed E-state index contributed by atoms with van der Waals surface area (Å²) in [7, 11) is 0. The van der Waals surface area contributed by atoms with Crippen LogP contribution >= 0.6 is 0 Å². The van der Waals surface area contributed by atoms with E-state index in [1.807, 2.05) is 12.1 Å². The standard InChI is InChI=1S/C12H17FN2/c1-9(15-7-12(14)8-15)6-10-2-4-11(13)5-3-10/h2-5,9,12H,6-8,14H2,1H3. The fourth-order valence-electron chi connectivity index (χ4n) is 2.00. The summed E-state index contributed by atoms with van der Waals surface area (Å²) < 4.78 is 12.7. The summed E-state index contributed by atoms with van der Waals surface area (Å²) in [6.07, 6.45) is 0.965. The van der Waals surface area contributed by atoms with Gasteiger partial charge in [0.15, 0.2) is 0 Å². The molecule has 1 unspecified atom stereocenters. The number of benzene rings is 1. The fraction of sp³-hybridized carbons (Fsp3) is 0.500. The lowest BCUT2D eigenvalue weighted by molar-refractivity contribution is 0.103. The number of halogens is 1. The Hall–Kier alpha value is -0.930. The summed E-state index contributed by atoms with van der Waals surface area (Å²) in [5, 5.41) is 0. The summed E-state index contributed by atoms with van der Waals surface area (Å²) >= 11 is 0. The summed E-state index contributed by atoms with van der Waals surface area (Å²) in [6, 6.07) is 7.58. The van der Waals surface area contributed by atoms with Crippen LogP contribution in [-0.4, -0.2) is 30.1 Å². The van der Waals surface area contributed by atoms with Crippen molar-refractivity contribution in [3.05, 3.63) is 35.6 Å². The maximum absolute atomic E-state index is 12.7. The average molecular weight is 208 g/mol. The third-order valence-electron chi connectivity index (χ3n) is 3.01. The first-order valence-corrected chi connectivity index (χ1v) is 5.39. The Morgan fingerprint density at radius 2 is 2.00 bits per heavy atom. The smallest absolute Gasteiger partial charge is 0.123 e. The van der Waals surface area contributed by atoms with Crippen molar-refractivity contribution >= 4 is 0 Å². The summed E-state index contributed by atoms with van der Waals surface area (Å²) in [6.45, 7) is 4.17. The van der Waals surface area contributed by atoms with Crippen LogP contribution in [0.5, 0.6) is 0 Å². The molecule has 1 saturated heterocycles. The summed E-state index contributed by atoms with van der Waals surface area (Å²) in [5.41, 5.74) is 6.91. The van der Waals surface area contributed by atoms with Gasteiger partial charge in [-0.3, -0.25) is 4.90 Å². The molecular formula is C12H17FN2. The van der Waals surface area contributed by atoms with Crippen molar-refractivity contribution < 1.29 is 4.39 Å². The van der Waals surface area contributed by atoms with Gasteiger partial charge < -0.3 is 5.73 Å².